The van der Waals surface area contributed by atoms with Crippen molar-refractivity contribution in [1.82, 2.24) is 14.8 Å². The molecule has 2 aliphatic rings. The average molecular weight is 420 g/mol. The van der Waals surface area contributed by atoms with Gasteiger partial charge in [-0.2, -0.15) is 0 Å². The van der Waals surface area contributed by atoms with Gasteiger partial charge in [0.1, 0.15) is 5.15 Å². The minimum atomic E-state index is 0.659. The second-order valence-electron chi connectivity index (χ2n) is 7.99. The fourth-order valence-corrected chi connectivity index (χ4v) is 5.49. The number of para-hydroxylation sites is 1. The number of hydrogen-bond acceptors (Lipinski definition) is 6. The average Bonchev–Trinajstić information content (AvgIpc) is 3.10. The molecule has 28 heavy (non-hydrogen) atoms. The van der Waals surface area contributed by atoms with Crippen molar-refractivity contribution < 1.29 is 0 Å². The molecule has 152 valence electrons. The molecule has 1 unspecified atom stereocenters. The highest BCUT2D eigenvalue weighted by Gasteiger charge is 2.28. The Kier molecular flexibility index (Phi) is 6.41. The molecule has 5 nitrogen and oxygen atoms in total. The molecule has 7 heteroatoms. The highest BCUT2D eigenvalue weighted by Crippen LogP contribution is 2.31. The van der Waals surface area contributed by atoms with Crippen LogP contribution in [-0.4, -0.2) is 74.2 Å². The summed E-state index contributed by atoms with van der Waals surface area (Å²) in [5.41, 5.74) is 1.35. The number of likely N-dealkylation sites (tertiary alicyclic amines) is 1. The van der Waals surface area contributed by atoms with E-state index < -0.39 is 0 Å². The molecular weight excluding hydrogens is 390 g/mol. The van der Waals surface area contributed by atoms with Crippen molar-refractivity contribution in [3.05, 3.63) is 40.4 Å². The summed E-state index contributed by atoms with van der Waals surface area (Å²) in [6.07, 6.45) is 2.57. The van der Waals surface area contributed by atoms with Crippen LogP contribution in [0.4, 0.5) is 10.8 Å². The van der Waals surface area contributed by atoms with Gasteiger partial charge >= 0.3 is 0 Å². The number of hydrogen-bond donors (Lipinski definition) is 0. The van der Waals surface area contributed by atoms with Crippen molar-refractivity contribution in [1.29, 1.82) is 0 Å². The zero-order valence-electron chi connectivity index (χ0n) is 16.9. The third-order valence-corrected chi connectivity index (χ3v) is 7.45. The quantitative estimate of drug-likeness (QED) is 0.736. The SMILES string of the molecule is CN(C)c1nc(Cl)c(CN2CCCC(N3CCN(c4ccccc4)CC3)C2)s1. The Morgan fingerprint density at radius 1 is 1.11 bits per heavy atom. The van der Waals surface area contributed by atoms with Crippen LogP contribution in [0, 0.1) is 0 Å². The number of halogens is 1. The van der Waals surface area contributed by atoms with E-state index in [1.54, 1.807) is 11.3 Å². The lowest BCUT2D eigenvalue weighted by atomic mass is 10.0. The predicted molar refractivity (Wildman–Crippen MR) is 120 cm³/mol. The largest absolute Gasteiger partial charge is 0.369 e. The lowest BCUT2D eigenvalue weighted by Crippen LogP contribution is -2.55. The lowest BCUT2D eigenvalue weighted by molar-refractivity contribution is 0.0893. The number of anilines is 2. The Morgan fingerprint density at radius 2 is 1.86 bits per heavy atom. The molecule has 2 aromatic rings. The molecule has 2 fully saturated rings. The van der Waals surface area contributed by atoms with E-state index in [-0.39, 0.29) is 0 Å². The van der Waals surface area contributed by atoms with Crippen molar-refractivity contribution in [3.63, 3.8) is 0 Å². The summed E-state index contributed by atoms with van der Waals surface area (Å²) in [4.78, 5) is 15.5. The maximum absolute atomic E-state index is 6.40. The van der Waals surface area contributed by atoms with Gasteiger partial charge in [-0.3, -0.25) is 9.80 Å². The van der Waals surface area contributed by atoms with Crippen LogP contribution in [0.25, 0.3) is 0 Å². The summed E-state index contributed by atoms with van der Waals surface area (Å²) in [5.74, 6) is 0. The Labute approximate surface area is 177 Å². The molecule has 0 bridgehead atoms. The highest BCUT2D eigenvalue weighted by atomic mass is 35.5. The van der Waals surface area contributed by atoms with Gasteiger partial charge in [-0.25, -0.2) is 4.98 Å². The standard InChI is InChI=1S/C21H30ClN5S/c1-24(2)21-23-20(22)19(28-21)16-25-10-6-9-18(15-25)27-13-11-26(12-14-27)17-7-4-3-5-8-17/h3-5,7-8,18H,6,9-16H2,1-2H3. The predicted octanol–water partition coefficient (Wildman–Crippen LogP) is 3.65. The van der Waals surface area contributed by atoms with Gasteiger partial charge in [0.15, 0.2) is 5.13 Å². The first-order valence-electron chi connectivity index (χ1n) is 10.2. The minimum absolute atomic E-state index is 0.659. The van der Waals surface area contributed by atoms with Gasteiger partial charge in [0.2, 0.25) is 0 Å². The van der Waals surface area contributed by atoms with E-state index in [9.17, 15) is 0 Å². The maximum Gasteiger partial charge on any atom is 0.186 e. The van der Waals surface area contributed by atoms with Crippen LogP contribution in [0.1, 0.15) is 17.7 Å². The molecule has 2 aliphatic heterocycles. The molecule has 1 aromatic heterocycles. The molecule has 0 aliphatic carbocycles. The monoisotopic (exact) mass is 419 g/mol. The van der Waals surface area contributed by atoms with Crippen LogP contribution in [0.3, 0.4) is 0 Å². The molecule has 1 atom stereocenters. The van der Waals surface area contributed by atoms with Gasteiger partial charge < -0.3 is 9.80 Å². The molecular formula is C21H30ClN5S. The Hall–Kier alpha value is -1.34. The van der Waals surface area contributed by atoms with Gasteiger partial charge in [0, 0.05) is 65.1 Å². The number of piperazine rings is 1. The second-order valence-corrected chi connectivity index (χ2v) is 9.41. The van der Waals surface area contributed by atoms with Crippen molar-refractivity contribution in [2.24, 2.45) is 0 Å². The zero-order chi connectivity index (χ0) is 19.5. The number of rotatable bonds is 5. The van der Waals surface area contributed by atoms with Crippen molar-refractivity contribution >= 4 is 33.8 Å². The lowest BCUT2D eigenvalue weighted by Gasteiger charge is -2.44. The van der Waals surface area contributed by atoms with E-state index in [1.807, 2.05) is 19.0 Å². The van der Waals surface area contributed by atoms with E-state index >= 15 is 0 Å². The van der Waals surface area contributed by atoms with E-state index in [1.165, 1.54) is 23.4 Å². The summed E-state index contributed by atoms with van der Waals surface area (Å²) in [7, 11) is 4.04. The van der Waals surface area contributed by atoms with Crippen LogP contribution < -0.4 is 9.80 Å². The normalized spacial score (nSPS) is 21.8. The van der Waals surface area contributed by atoms with Gasteiger partial charge in [0.05, 0.1) is 4.88 Å². The molecule has 3 heterocycles. The van der Waals surface area contributed by atoms with Crippen molar-refractivity contribution in [2.45, 2.75) is 25.4 Å². The summed E-state index contributed by atoms with van der Waals surface area (Å²) in [5, 5.41) is 1.66. The van der Waals surface area contributed by atoms with Crippen LogP contribution in [-0.2, 0) is 6.54 Å². The fourth-order valence-electron chi connectivity index (χ4n) is 4.27. The van der Waals surface area contributed by atoms with Gasteiger partial charge in [0.25, 0.3) is 0 Å². The molecule has 0 radical (unpaired) electrons. The first-order valence-corrected chi connectivity index (χ1v) is 11.4. The van der Waals surface area contributed by atoms with Crippen LogP contribution in [0.2, 0.25) is 5.15 Å². The van der Waals surface area contributed by atoms with Gasteiger partial charge in [-0.15, -0.1) is 0 Å². The molecule has 0 amide bonds. The maximum atomic E-state index is 6.40. The molecule has 4 rings (SSSR count). The van der Waals surface area contributed by atoms with Crippen LogP contribution >= 0.6 is 22.9 Å². The number of benzene rings is 1. The number of piperidine rings is 1. The number of thiazole rings is 1. The van der Waals surface area contributed by atoms with Crippen LogP contribution in [0.5, 0.6) is 0 Å². The van der Waals surface area contributed by atoms with Crippen molar-refractivity contribution in [3.8, 4) is 0 Å². The summed E-state index contributed by atoms with van der Waals surface area (Å²) >= 11 is 8.11. The fraction of sp³-hybridized carbons (Fsp3) is 0.571. The topological polar surface area (TPSA) is 25.9 Å². The van der Waals surface area contributed by atoms with Gasteiger partial charge in [-0.05, 0) is 31.5 Å². The Bertz CT molecular complexity index is 757. The first kappa shape index (κ1) is 20.0. The number of aromatic nitrogens is 1. The summed E-state index contributed by atoms with van der Waals surface area (Å²) < 4.78 is 0. The highest BCUT2D eigenvalue weighted by molar-refractivity contribution is 7.16. The van der Waals surface area contributed by atoms with E-state index in [4.69, 9.17) is 11.6 Å². The Balaban J connectivity index is 1.32. The second kappa shape index (κ2) is 8.99. The van der Waals surface area contributed by atoms with E-state index in [0.717, 1.165) is 50.9 Å². The third kappa shape index (κ3) is 4.62. The van der Waals surface area contributed by atoms with Crippen molar-refractivity contribution in [2.75, 3.05) is 63.2 Å². The van der Waals surface area contributed by atoms with E-state index in [0.29, 0.717) is 11.2 Å². The molecule has 1 aromatic carbocycles. The Morgan fingerprint density at radius 3 is 2.54 bits per heavy atom. The molecule has 0 N–H and O–H groups in total. The summed E-state index contributed by atoms with van der Waals surface area (Å²) in [6, 6.07) is 11.5. The molecule has 2 saturated heterocycles. The minimum Gasteiger partial charge on any atom is -0.369 e. The molecule has 0 saturated carbocycles. The third-order valence-electron chi connectivity index (χ3n) is 5.82. The number of nitrogens with zero attached hydrogens (tertiary/aromatic N) is 5. The van der Waals surface area contributed by atoms with Gasteiger partial charge in [-0.1, -0.05) is 41.1 Å². The first-order chi connectivity index (χ1) is 13.6. The summed E-state index contributed by atoms with van der Waals surface area (Å²) in [6.45, 7) is 7.76. The van der Waals surface area contributed by atoms with E-state index in [2.05, 4.69) is 50.0 Å². The molecule has 0 spiro atoms. The van der Waals surface area contributed by atoms with Crippen LogP contribution in [0.15, 0.2) is 30.3 Å². The zero-order valence-corrected chi connectivity index (χ0v) is 18.4. The smallest absolute Gasteiger partial charge is 0.186 e.